The Morgan fingerprint density at radius 1 is 1.10 bits per heavy atom. The summed E-state index contributed by atoms with van der Waals surface area (Å²) >= 11 is 3.53. The molecule has 3 rings (SSSR count). The normalized spacial score (nSPS) is 10.7. The molecule has 0 fully saturated rings. The van der Waals surface area contributed by atoms with Gasteiger partial charge in [0.2, 0.25) is 0 Å². The third-order valence-electron chi connectivity index (χ3n) is 4.17. The molecule has 0 unspecified atom stereocenters. The predicted molar refractivity (Wildman–Crippen MR) is 118 cm³/mol. The molecule has 3 aromatic rings. The lowest BCUT2D eigenvalue weighted by atomic mass is 10.2. The van der Waals surface area contributed by atoms with E-state index in [1.165, 1.54) is 5.56 Å². The van der Waals surface area contributed by atoms with Gasteiger partial charge in [-0.15, -0.1) is 0 Å². The Morgan fingerprint density at radius 2 is 1.83 bits per heavy atom. The fraction of sp³-hybridized carbons (Fsp3) is 0.130. The topological polar surface area (TPSA) is 59.9 Å². The number of benzene rings is 3. The molecule has 1 amide bonds. The first-order valence-electron chi connectivity index (χ1n) is 9.01. The highest BCUT2D eigenvalue weighted by atomic mass is 79.9. The van der Waals surface area contributed by atoms with E-state index < -0.39 is 0 Å². The highest BCUT2D eigenvalue weighted by Gasteiger charge is 2.12. The van der Waals surface area contributed by atoms with Crippen LogP contribution < -0.4 is 14.9 Å². The lowest BCUT2D eigenvalue weighted by Crippen LogP contribution is -2.17. The zero-order chi connectivity index (χ0) is 20.6. The van der Waals surface area contributed by atoms with Gasteiger partial charge in [0.1, 0.15) is 6.61 Å². The highest BCUT2D eigenvalue weighted by molar-refractivity contribution is 9.10. The van der Waals surface area contributed by atoms with Crippen LogP contribution in [0.5, 0.6) is 11.5 Å². The third-order valence-corrected chi connectivity index (χ3v) is 4.76. The number of hydrazone groups is 1. The fourth-order valence-electron chi connectivity index (χ4n) is 2.61. The molecule has 148 valence electrons. The van der Waals surface area contributed by atoms with Crippen LogP contribution in [0.4, 0.5) is 0 Å². The van der Waals surface area contributed by atoms with Crippen LogP contribution >= 0.6 is 15.9 Å². The summed E-state index contributed by atoms with van der Waals surface area (Å²) in [6.45, 7) is 2.47. The number of amides is 1. The minimum atomic E-state index is -0.272. The molecular formula is C23H21BrN2O3. The molecule has 0 heterocycles. The second-order valence-electron chi connectivity index (χ2n) is 6.37. The average Bonchev–Trinajstić information content (AvgIpc) is 2.74. The number of carbonyl (C=O) groups excluding carboxylic acids is 1. The Hall–Kier alpha value is -3.12. The Bertz CT molecular complexity index is 1000. The number of hydrogen-bond acceptors (Lipinski definition) is 4. The zero-order valence-corrected chi connectivity index (χ0v) is 17.8. The van der Waals surface area contributed by atoms with E-state index in [2.05, 4.69) is 26.5 Å². The largest absolute Gasteiger partial charge is 0.493 e. The van der Waals surface area contributed by atoms with Crippen LogP contribution in [-0.2, 0) is 6.61 Å². The van der Waals surface area contributed by atoms with Crippen LogP contribution in [0.25, 0.3) is 0 Å². The quantitative estimate of drug-likeness (QED) is 0.400. The van der Waals surface area contributed by atoms with Crippen molar-refractivity contribution in [3.05, 3.63) is 93.5 Å². The van der Waals surface area contributed by atoms with Gasteiger partial charge in [-0.3, -0.25) is 4.79 Å². The van der Waals surface area contributed by atoms with Crippen molar-refractivity contribution in [1.29, 1.82) is 0 Å². The van der Waals surface area contributed by atoms with Crippen molar-refractivity contribution in [1.82, 2.24) is 5.43 Å². The van der Waals surface area contributed by atoms with Crippen molar-refractivity contribution in [3.8, 4) is 11.5 Å². The number of halogens is 1. The van der Waals surface area contributed by atoms with E-state index >= 15 is 0 Å². The summed E-state index contributed by atoms with van der Waals surface area (Å²) in [4.78, 5) is 12.0. The number of methoxy groups -OCH3 is 1. The van der Waals surface area contributed by atoms with Crippen LogP contribution in [0.2, 0.25) is 0 Å². The second kappa shape index (κ2) is 9.89. The molecule has 0 aliphatic heterocycles. The fourth-order valence-corrected chi connectivity index (χ4v) is 3.19. The minimum absolute atomic E-state index is 0.272. The van der Waals surface area contributed by atoms with E-state index in [1.807, 2.05) is 43.3 Å². The zero-order valence-electron chi connectivity index (χ0n) is 16.2. The summed E-state index contributed by atoms with van der Waals surface area (Å²) in [5.74, 6) is 0.909. The van der Waals surface area contributed by atoms with Gasteiger partial charge in [0, 0.05) is 5.56 Å². The molecular weight excluding hydrogens is 432 g/mol. The summed E-state index contributed by atoms with van der Waals surface area (Å²) in [5.41, 5.74) is 6.08. The maximum Gasteiger partial charge on any atom is 0.271 e. The van der Waals surface area contributed by atoms with Gasteiger partial charge in [0.25, 0.3) is 5.91 Å². The molecule has 0 saturated carbocycles. The molecule has 5 nitrogen and oxygen atoms in total. The molecule has 0 atom stereocenters. The molecule has 0 aliphatic rings. The van der Waals surface area contributed by atoms with Gasteiger partial charge in [-0.05, 0) is 58.2 Å². The van der Waals surface area contributed by atoms with Crippen molar-refractivity contribution in [2.45, 2.75) is 13.5 Å². The van der Waals surface area contributed by atoms with Crippen LogP contribution in [0.1, 0.15) is 27.0 Å². The van der Waals surface area contributed by atoms with Gasteiger partial charge in [-0.2, -0.15) is 5.10 Å². The van der Waals surface area contributed by atoms with Gasteiger partial charge in [-0.25, -0.2) is 5.43 Å². The maximum atomic E-state index is 12.0. The Labute approximate surface area is 178 Å². The average molecular weight is 453 g/mol. The van der Waals surface area contributed by atoms with Gasteiger partial charge in [0.15, 0.2) is 11.5 Å². The summed E-state index contributed by atoms with van der Waals surface area (Å²) in [6, 6.07) is 20.7. The molecule has 6 heteroatoms. The minimum Gasteiger partial charge on any atom is -0.493 e. The number of carbonyl (C=O) groups is 1. The Balaban J connectivity index is 1.68. The number of hydrogen-bond donors (Lipinski definition) is 1. The van der Waals surface area contributed by atoms with E-state index in [-0.39, 0.29) is 5.91 Å². The standard InChI is InChI=1S/C23H21BrN2O3/c1-16-8-10-17(11-9-16)15-29-22-20(24)12-18(13-21(22)28-2)14-25-26-23(27)19-6-4-3-5-7-19/h3-14H,15H2,1-2H3,(H,26,27)/b25-14-. The van der Waals surface area contributed by atoms with Crippen LogP contribution in [-0.4, -0.2) is 19.2 Å². The molecule has 3 aromatic carbocycles. The molecule has 0 bridgehead atoms. The first kappa shape index (κ1) is 20.6. The van der Waals surface area contributed by atoms with Crippen LogP contribution in [0, 0.1) is 6.92 Å². The Kier molecular flexibility index (Phi) is 7.03. The van der Waals surface area contributed by atoms with Gasteiger partial charge >= 0.3 is 0 Å². The summed E-state index contributed by atoms with van der Waals surface area (Å²) in [5, 5.41) is 4.02. The lowest BCUT2D eigenvalue weighted by Gasteiger charge is -2.13. The van der Waals surface area contributed by atoms with Crippen LogP contribution in [0.3, 0.4) is 0 Å². The number of ether oxygens (including phenoxy) is 2. The first-order valence-corrected chi connectivity index (χ1v) is 9.80. The van der Waals surface area contributed by atoms with Gasteiger partial charge in [0.05, 0.1) is 17.8 Å². The van der Waals surface area contributed by atoms with E-state index in [9.17, 15) is 4.79 Å². The molecule has 0 radical (unpaired) electrons. The van der Waals surface area contributed by atoms with Gasteiger partial charge < -0.3 is 9.47 Å². The SMILES string of the molecule is COc1cc(/C=N\NC(=O)c2ccccc2)cc(Br)c1OCc1ccc(C)cc1. The number of nitrogens with one attached hydrogen (secondary N) is 1. The smallest absolute Gasteiger partial charge is 0.271 e. The molecule has 1 N–H and O–H groups in total. The summed E-state index contributed by atoms with van der Waals surface area (Å²) in [7, 11) is 1.58. The molecule has 29 heavy (non-hydrogen) atoms. The third kappa shape index (κ3) is 5.68. The van der Waals surface area contributed by atoms with Crippen molar-refractivity contribution in [2.75, 3.05) is 7.11 Å². The van der Waals surface area contributed by atoms with Crippen LogP contribution in [0.15, 0.2) is 76.3 Å². The van der Waals surface area contributed by atoms with E-state index in [0.29, 0.717) is 23.7 Å². The molecule has 0 saturated heterocycles. The molecule has 0 aliphatic carbocycles. The summed E-state index contributed by atoms with van der Waals surface area (Å²) < 4.78 is 12.2. The van der Waals surface area contributed by atoms with Crippen molar-refractivity contribution < 1.29 is 14.3 Å². The highest BCUT2D eigenvalue weighted by Crippen LogP contribution is 2.36. The summed E-state index contributed by atoms with van der Waals surface area (Å²) in [6.07, 6.45) is 1.55. The van der Waals surface area contributed by atoms with Crippen molar-refractivity contribution >= 4 is 28.1 Å². The number of aryl methyl sites for hydroxylation is 1. The monoisotopic (exact) mass is 452 g/mol. The van der Waals surface area contributed by atoms with Crippen molar-refractivity contribution in [2.24, 2.45) is 5.10 Å². The van der Waals surface area contributed by atoms with E-state index in [4.69, 9.17) is 9.47 Å². The van der Waals surface area contributed by atoms with E-state index in [0.717, 1.165) is 15.6 Å². The predicted octanol–water partition coefficient (Wildman–Crippen LogP) is 5.11. The molecule has 0 aromatic heterocycles. The van der Waals surface area contributed by atoms with Gasteiger partial charge in [-0.1, -0.05) is 48.0 Å². The lowest BCUT2D eigenvalue weighted by molar-refractivity contribution is 0.0955. The number of nitrogens with zero attached hydrogens (tertiary/aromatic N) is 1. The molecule has 0 spiro atoms. The van der Waals surface area contributed by atoms with Crippen molar-refractivity contribution in [3.63, 3.8) is 0 Å². The number of rotatable bonds is 7. The second-order valence-corrected chi connectivity index (χ2v) is 7.23. The first-order chi connectivity index (χ1) is 14.1. The maximum absolute atomic E-state index is 12.0. The Morgan fingerprint density at radius 3 is 2.52 bits per heavy atom. The van der Waals surface area contributed by atoms with E-state index in [1.54, 1.807) is 43.7 Å².